The molecular formula is C17H26BrNO. The second-order valence-electron chi connectivity index (χ2n) is 5.25. The Kier molecular flexibility index (Phi) is 9.38. The lowest BCUT2D eigenvalue weighted by Gasteiger charge is -2.06. The summed E-state index contributed by atoms with van der Waals surface area (Å²) >= 11 is 3.42. The minimum absolute atomic E-state index is 0.130. The molecule has 1 aromatic rings. The van der Waals surface area contributed by atoms with Crippen LogP contribution in [0.25, 0.3) is 0 Å². The van der Waals surface area contributed by atoms with E-state index in [2.05, 4.69) is 28.2 Å². The third-order valence-electron chi connectivity index (χ3n) is 3.37. The van der Waals surface area contributed by atoms with Crippen molar-refractivity contribution in [3.8, 4) is 0 Å². The minimum atomic E-state index is 0.130. The zero-order chi connectivity index (χ0) is 14.6. The lowest BCUT2D eigenvalue weighted by atomic mass is 10.1. The van der Waals surface area contributed by atoms with Gasteiger partial charge in [-0.05, 0) is 24.1 Å². The van der Waals surface area contributed by atoms with E-state index >= 15 is 0 Å². The van der Waals surface area contributed by atoms with E-state index in [1.165, 1.54) is 44.1 Å². The summed E-state index contributed by atoms with van der Waals surface area (Å²) in [6.07, 6.45) is 9.32. The zero-order valence-electron chi connectivity index (χ0n) is 12.5. The van der Waals surface area contributed by atoms with Crippen molar-refractivity contribution in [2.45, 2.75) is 63.6 Å². The van der Waals surface area contributed by atoms with Gasteiger partial charge in [0.15, 0.2) is 0 Å². The average Bonchev–Trinajstić information content (AvgIpc) is 2.46. The highest BCUT2D eigenvalue weighted by atomic mass is 79.9. The molecule has 20 heavy (non-hydrogen) atoms. The van der Waals surface area contributed by atoms with Gasteiger partial charge in [-0.3, -0.25) is 4.79 Å². The highest BCUT2D eigenvalue weighted by Gasteiger charge is 2.02. The molecule has 0 atom stereocenters. The third-order valence-corrected chi connectivity index (χ3v) is 4.02. The quantitative estimate of drug-likeness (QED) is 0.432. The van der Waals surface area contributed by atoms with Gasteiger partial charge in [-0.2, -0.15) is 0 Å². The van der Waals surface area contributed by atoms with Crippen LogP contribution >= 0.6 is 15.9 Å². The predicted molar refractivity (Wildman–Crippen MR) is 90.3 cm³/mol. The van der Waals surface area contributed by atoms with E-state index in [0.29, 0.717) is 6.42 Å². The Morgan fingerprint density at radius 2 is 1.80 bits per heavy atom. The Morgan fingerprint density at radius 1 is 1.10 bits per heavy atom. The molecule has 1 N–H and O–H groups in total. The fraction of sp³-hybridized carbons (Fsp3) is 0.588. The Labute approximate surface area is 131 Å². The Balaban J connectivity index is 2.13. The van der Waals surface area contributed by atoms with Crippen LogP contribution in [0.15, 0.2) is 24.3 Å². The predicted octanol–water partition coefficient (Wildman–Crippen LogP) is 5.66. The van der Waals surface area contributed by atoms with Crippen LogP contribution in [0.4, 0.5) is 5.69 Å². The monoisotopic (exact) mass is 339 g/mol. The first-order valence-electron chi connectivity index (χ1n) is 7.71. The van der Waals surface area contributed by atoms with Crippen LogP contribution in [0.5, 0.6) is 0 Å². The molecule has 3 heteroatoms. The third kappa shape index (κ3) is 7.68. The molecule has 0 radical (unpaired) electrons. The van der Waals surface area contributed by atoms with E-state index in [4.69, 9.17) is 0 Å². The van der Waals surface area contributed by atoms with Crippen LogP contribution in [-0.2, 0) is 10.1 Å². The molecule has 112 valence electrons. The SMILES string of the molecule is CCCCCCCCCC(=O)Nc1cccc(CBr)c1. The fourth-order valence-corrected chi connectivity index (χ4v) is 2.55. The van der Waals surface area contributed by atoms with Crippen LogP contribution in [0.2, 0.25) is 0 Å². The van der Waals surface area contributed by atoms with Crippen molar-refractivity contribution in [2.24, 2.45) is 0 Å². The number of nitrogens with one attached hydrogen (secondary N) is 1. The first-order valence-corrected chi connectivity index (χ1v) is 8.83. The van der Waals surface area contributed by atoms with Gasteiger partial charge in [-0.25, -0.2) is 0 Å². The van der Waals surface area contributed by atoms with Crippen molar-refractivity contribution in [3.05, 3.63) is 29.8 Å². The summed E-state index contributed by atoms with van der Waals surface area (Å²) in [5.41, 5.74) is 2.08. The summed E-state index contributed by atoms with van der Waals surface area (Å²) in [5.74, 6) is 0.130. The second-order valence-corrected chi connectivity index (χ2v) is 5.81. The molecule has 0 aliphatic rings. The summed E-state index contributed by atoms with van der Waals surface area (Å²) in [4.78, 5) is 11.8. The first kappa shape index (κ1) is 17.2. The molecule has 0 aliphatic heterocycles. The van der Waals surface area contributed by atoms with Crippen LogP contribution in [-0.4, -0.2) is 5.91 Å². The van der Waals surface area contributed by atoms with E-state index in [0.717, 1.165) is 17.4 Å². The van der Waals surface area contributed by atoms with Crippen LogP contribution < -0.4 is 5.32 Å². The van der Waals surface area contributed by atoms with Crippen LogP contribution in [0.3, 0.4) is 0 Å². The fourth-order valence-electron chi connectivity index (χ4n) is 2.20. The van der Waals surface area contributed by atoms with E-state index in [1.54, 1.807) is 0 Å². The number of carbonyl (C=O) groups is 1. The molecule has 1 rings (SSSR count). The van der Waals surface area contributed by atoms with Crippen LogP contribution in [0.1, 0.15) is 63.9 Å². The normalized spacial score (nSPS) is 10.5. The van der Waals surface area contributed by atoms with Gasteiger partial charge in [0, 0.05) is 17.4 Å². The van der Waals surface area contributed by atoms with Crippen LogP contribution in [0, 0.1) is 0 Å². The van der Waals surface area contributed by atoms with E-state index in [1.807, 2.05) is 24.3 Å². The highest BCUT2D eigenvalue weighted by molar-refractivity contribution is 9.08. The molecule has 1 aromatic carbocycles. The number of halogens is 1. The van der Waals surface area contributed by atoms with Crippen molar-refractivity contribution in [3.63, 3.8) is 0 Å². The first-order chi connectivity index (χ1) is 9.76. The van der Waals surface area contributed by atoms with Crippen molar-refractivity contribution < 1.29 is 4.79 Å². The molecule has 1 amide bonds. The smallest absolute Gasteiger partial charge is 0.224 e. The summed E-state index contributed by atoms with van der Waals surface area (Å²) in [5, 5.41) is 3.78. The molecule has 0 fully saturated rings. The Morgan fingerprint density at radius 3 is 2.50 bits per heavy atom. The number of amides is 1. The zero-order valence-corrected chi connectivity index (χ0v) is 14.0. The van der Waals surface area contributed by atoms with Gasteiger partial charge in [0.2, 0.25) is 5.91 Å². The summed E-state index contributed by atoms with van der Waals surface area (Å²) in [6.45, 7) is 2.23. The number of anilines is 1. The molecule has 0 spiro atoms. The van der Waals surface area contributed by atoms with Gasteiger partial charge < -0.3 is 5.32 Å². The van der Waals surface area contributed by atoms with Gasteiger partial charge in [-0.15, -0.1) is 0 Å². The Bertz CT molecular complexity index is 392. The summed E-state index contributed by atoms with van der Waals surface area (Å²) in [7, 11) is 0. The van der Waals surface area contributed by atoms with E-state index < -0.39 is 0 Å². The standard InChI is InChI=1S/C17H26BrNO/c1-2-3-4-5-6-7-8-12-17(20)19-16-11-9-10-15(13-16)14-18/h9-11,13H,2-8,12,14H2,1H3,(H,19,20). The second kappa shape index (κ2) is 10.9. The lowest BCUT2D eigenvalue weighted by Crippen LogP contribution is -2.11. The summed E-state index contributed by atoms with van der Waals surface area (Å²) in [6, 6.07) is 7.97. The molecule has 0 aliphatic carbocycles. The summed E-state index contributed by atoms with van der Waals surface area (Å²) < 4.78 is 0. The molecule has 0 aromatic heterocycles. The molecule has 0 bridgehead atoms. The lowest BCUT2D eigenvalue weighted by molar-refractivity contribution is -0.116. The number of benzene rings is 1. The van der Waals surface area contributed by atoms with Gasteiger partial charge in [0.05, 0.1) is 0 Å². The van der Waals surface area contributed by atoms with E-state index in [9.17, 15) is 4.79 Å². The topological polar surface area (TPSA) is 29.1 Å². The number of hydrogen-bond donors (Lipinski definition) is 1. The molecule has 0 saturated carbocycles. The molecule has 0 heterocycles. The highest BCUT2D eigenvalue weighted by Crippen LogP contribution is 2.14. The number of carbonyl (C=O) groups excluding carboxylic acids is 1. The van der Waals surface area contributed by atoms with E-state index in [-0.39, 0.29) is 5.91 Å². The number of alkyl halides is 1. The maximum Gasteiger partial charge on any atom is 0.224 e. The minimum Gasteiger partial charge on any atom is -0.326 e. The number of rotatable bonds is 10. The molecule has 2 nitrogen and oxygen atoms in total. The number of hydrogen-bond acceptors (Lipinski definition) is 1. The van der Waals surface area contributed by atoms with Crippen molar-refractivity contribution >= 4 is 27.5 Å². The van der Waals surface area contributed by atoms with Crippen molar-refractivity contribution in [1.82, 2.24) is 0 Å². The molecular weight excluding hydrogens is 314 g/mol. The maximum atomic E-state index is 11.8. The Hall–Kier alpha value is -0.830. The largest absolute Gasteiger partial charge is 0.326 e. The van der Waals surface area contributed by atoms with Crippen molar-refractivity contribution in [2.75, 3.05) is 5.32 Å². The van der Waals surface area contributed by atoms with Gasteiger partial charge in [0.25, 0.3) is 0 Å². The number of unbranched alkanes of at least 4 members (excludes halogenated alkanes) is 6. The van der Waals surface area contributed by atoms with Crippen molar-refractivity contribution in [1.29, 1.82) is 0 Å². The van der Waals surface area contributed by atoms with Gasteiger partial charge >= 0.3 is 0 Å². The van der Waals surface area contributed by atoms with Gasteiger partial charge in [-0.1, -0.05) is 73.5 Å². The molecule has 0 unspecified atom stereocenters. The maximum absolute atomic E-state index is 11.8. The average molecular weight is 340 g/mol. The molecule has 0 saturated heterocycles. The van der Waals surface area contributed by atoms with Gasteiger partial charge in [0.1, 0.15) is 0 Å².